The minimum Gasteiger partial charge on any atom is -0.343 e. The zero-order valence-corrected chi connectivity index (χ0v) is 16.5. The molecule has 7 heteroatoms. The third-order valence-corrected chi connectivity index (χ3v) is 5.03. The maximum Gasteiger partial charge on any atom is 0.315 e. The lowest BCUT2D eigenvalue weighted by molar-refractivity contribution is -0.129. The minimum atomic E-state index is -0.442. The molecule has 1 fully saturated rings. The van der Waals surface area contributed by atoms with E-state index >= 15 is 0 Å². The average Bonchev–Trinajstić information content (AvgIpc) is 2.54. The van der Waals surface area contributed by atoms with Gasteiger partial charge in [0.25, 0.3) is 0 Å². The highest BCUT2D eigenvalue weighted by molar-refractivity contribution is 6.31. The predicted molar refractivity (Wildman–Crippen MR) is 101 cm³/mol. The molecule has 1 heterocycles. The Morgan fingerprint density at radius 3 is 2.42 bits per heavy atom. The van der Waals surface area contributed by atoms with Crippen LogP contribution < -0.4 is 10.6 Å². The van der Waals surface area contributed by atoms with Gasteiger partial charge in [0.15, 0.2) is 0 Å². The lowest BCUT2D eigenvalue weighted by Crippen LogP contribution is -2.50. The molecule has 1 unspecified atom stereocenters. The van der Waals surface area contributed by atoms with E-state index in [9.17, 15) is 14.0 Å². The molecule has 26 heavy (non-hydrogen) atoms. The van der Waals surface area contributed by atoms with Crippen molar-refractivity contribution in [1.29, 1.82) is 0 Å². The zero-order valence-electron chi connectivity index (χ0n) is 15.7. The Morgan fingerprint density at radius 1 is 1.27 bits per heavy atom. The Morgan fingerprint density at radius 2 is 1.88 bits per heavy atom. The molecule has 1 aromatic carbocycles. The fraction of sp³-hybridized carbons (Fsp3) is 0.579. The van der Waals surface area contributed by atoms with Crippen molar-refractivity contribution in [3.8, 4) is 0 Å². The first-order chi connectivity index (χ1) is 12.1. The number of nitrogens with one attached hydrogen (secondary N) is 2. The van der Waals surface area contributed by atoms with E-state index in [4.69, 9.17) is 11.6 Å². The number of urea groups is 1. The Labute approximate surface area is 159 Å². The Bertz CT molecular complexity index is 667. The molecule has 3 amide bonds. The number of amides is 3. The van der Waals surface area contributed by atoms with Crippen molar-refractivity contribution >= 4 is 23.5 Å². The van der Waals surface area contributed by atoms with Crippen LogP contribution in [0.25, 0.3) is 0 Å². The van der Waals surface area contributed by atoms with Gasteiger partial charge in [-0.25, -0.2) is 9.18 Å². The summed E-state index contributed by atoms with van der Waals surface area (Å²) in [5, 5.41) is 6.32. The normalized spacial score (nSPS) is 16.9. The van der Waals surface area contributed by atoms with Crippen LogP contribution in [0.4, 0.5) is 9.18 Å². The highest BCUT2D eigenvalue weighted by atomic mass is 35.5. The van der Waals surface area contributed by atoms with Gasteiger partial charge in [-0.05, 0) is 42.0 Å². The SMILES string of the molecule is CC(=O)N1CCC(NC(=O)NC(c2cc(F)ccc2Cl)C(C)(C)C)CC1. The molecule has 5 nitrogen and oxygen atoms in total. The number of piperidine rings is 1. The molecule has 0 aromatic heterocycles. The van der Waals surface area contributed by atoms with Crippen LogP contribution in [0.2, 0.25) is 5.02 Å². The first kappa shape index (κ1) is 20.5. The molecule has 0 radical (unpaired) electrons. The average molecular weight is 384 g/mol. The van der Waals surface area contributed by atoms with Crippen molar-refractivity contribution in [3.05, 3.63) is 34.6 Å². The van der Waals surface area contributed by atoms with E-state index in [-0.39, 0.29) is 23.4 Å². The maximum atomic E-state index is 13.7. The molecule has 1 atom stereocenters. The van der Waals surface area contributed by atoms with Crippen molar-refractivity contribution < 1.29 is 14.0 Å². The zero-order chi connectivity index (χ0) is 19.5. The van der Waals surface area contributed by atoms with Crippen molar-refractivity contribution in [3.63, 3.8) is 0 Å². The molecule has 1 aliphatic heterocycles. The molecule has 0 bridgehead atoms. The summed E-state index contributed by atoms with van der Waals surface area (Å²) in [6, 6.07) is 3.42. The highest BCUT2D eigenvalue weighted by Gasteiger charge is 2.31. The molecule has 1 saturated heterocycles. The number of hydrogen-bond acceptors (Lipinski definition) is 2. The first-order valence-electron chi connectivity index (χ1n) is 8.85. The molecule has 0 spiro atoms. The van der Waals surface area contributed by atoms with Gasteiger partial charge in [-0.1, -0.05) is 32.4 Å². The van der Waals surface area contributed by atoms with Crippen molar-refractivity contribution in [2.24, 2.45) is 5.41 Å². The highest BCUT2D eigenvalue weighted by Crippen LogP contribution is 2.36. The number of rotatable bonds is 3. The number of benzene rings is 1. The van der Waals surface area contributed by atoms with Gasteiger partial charge < -0.3 is 15.5 Å². The first-order valence-corrected chi connectivity index (χ1v) is 9.23. The number of likely N-dealkylation sites (tertiary alicyclic amines) is 1. The van der Waals surface area contributed by atoms with Crippen LogP contribution >= 0.6 is 11.6 Å². The Balaban J connectivity index is 2.04. The fourth-order valence-electron chi connectivity index (χ4n) is 3.19. The summed E-state index contributed by atoms with van der Waals surface area (Å²) in [5.41, 5.74) is 0.202. The quantitative estimate of drug-likeness (QED) is 0.832. The monoisotopic (exact) mass is 383 g/mol. The van der Waals surface area contributed by atoms with Crippen LogP contribution in [0.15, 0.2) is 18.2 Å². The van der Waals surface area contributed by atoms with E-state index in [0.717, 1.165) is 0 Å². The molecule has 1 aromatic rings. The second-order valence-corrected chi connectivity index (χ2v) is 8.27. The van der Waals surface area contributed by atoms with Crippen LogP contribution in [0, 0.1) is 11.2 Å². The number of carbonyl (C=O) groups is 2. The number of hydrogen-bond donors (Lipinski definition) is 2. The van der Waals surface area contributed by atoms with Gasteiger partial charge in [0.05, 0.1) is 6.04 Å². The third kappa shape index (κ3) is 5.34. The molecule has 1 aliphatic rings. The van der Waals surface area contributed by atoms with E-state index < -0.39 is 11.9 Å². The van der Waals surface area contributed by atoms with Gasteiger partial charge in [-0.15, -0.1) is 0 Å². The summed E-state index contributed by atoms with van der Waals surface area (Å²) in [6.07, 6.45) is 1.43. The second-order valence-electron chi connectivity index (χ2n) is 7.86. The molecule has 144 valence electrons. The van der Waals surface area contributed by atoms with Crippen LogP contribution in [-0.2, 0) is 4.79 Å². The van der Waals surface area contributed by atoms with Crippen LogP contribution in [0.1, 0.15) is 52.1 Å². The smallest absolute Gasteiger partial charge is 0.315 e. The summed E-state index contributed by atoms with van der Waals surface area (Å²) in [5.74, 6) is -0.334. The molecule has 2 rings (SSSR count). The van der Waals surface area contributed by atoms with E-state index in [0.29, 0.717) is 36.5 Å². The van der Waals surface area contributed by atoms with E-state index in [1.54, 1.807) is 11.8 Å². The lowest BCUT2D eigenvalue weighted by atomic mass is 9.82. The molecular weight excluding hydrogens is 357 g/mol. The standard InChI is InChI=1S/C19H27ClFN3O2/c1-12(25)24-9-7-14(8-10-24)22-18(26)23-17(19(2,3)4)15-11-13(21)5-6-16(15)20/h5-6,11,14,17H,7-10H2,1-4H3,(H2,22,23,26). The van der Waals surface area contributed by atoms with E-state index in [1.807, 2.05) is 20.8 Å². The van der Waals surface area contributed by atoms with Crippen molar-refractivity contribution in [2.75, 3.05) is 13.1 Å². The molecular formula is C19H27ClFN3O2. The summed E-state index contributed by atoms with van der Waals surface area (Å²) < 4.78 is 13.7. The van der Waals surface area contributed by atoms with E-state index in [2.05, 4.69) is 10.6 Å². The fourth-order valence-corrected chi connectivity index (χ4v) is 3.42. The van der Waals surface area contributed by atoms with Gasteiger partial charge in [-0.3, -0.25) is 4.79 Å². The van der Waals surface area contributed by atoms with Gasteiger partial charge >= 0.3 is 6.03 Å². The Hall–Kier alpha value is -1.82. The summed E-state index contributed by atoms with van der Waals surface area (Å²) in [7, 11) is 0. The van der Waals surface area contributed by atoms with Crippen molar-refractivity contribution in [1.82, 2.24) is 15.5 Å². The Kier molecular flexibility index (Phi) is 6.50. The predicted octanol–water partition coefficient (Wildman–Crippen LogP) is 3.88. The van der Waals surface area contributed by atoms with Gasteiger partial charge in [0.2, 0.25) is 5.91 Å². The van der Waals surface area contributed by atoms with Crippen molar-refractivity contribution in [2.45, 2.75) is 52.6 Å². The summed E-state index contributed by atoms with van der Waals surface area (Å²) >= 11 is 6.24. The maximum absolute atomic E-state index is 13.7. The number of halogens is 2. The molecule has 2 N–H and O–H groups in total. The largest absolute Gasteiger partial charge is 0.343 e. The van der Waals surface area contributed by atoms with Crippen LogP contribution in [-0.4, -0.2) is 36.0 Å². The van der Waals surface area contributed by atoms with E-state index in [1.165, 1.54) is 18.2 Å². The molecule has 0 saturated carbocycles. The molecule has 0 aliphatic carbocycles. The number of carbonyl (C=O) groups excluding carboxylic acids is 2. The third-order valence-electron chi connectivity index (χ3n) is 4.69. The summed E-state index contributed by atoms with van der Waals surface area (Å²) in [4.78, 5) is 25.7. The van der Waals surface area contributed by atoms with Gasteiger partial charge in [0.1, 0.15) is 5.82 Å². The lowest BCUT2D eigenvalue weighted by Gasteiger charge is -2.35. The second kappa shape index (κ2) is 8.25. The van der Waals surface area contributed by atoms with Crippen LogP contribution in [0.3, 0.4) is 0 Å². The number of nitrogens with zero attached hydrogens (tertiary/aromatic N) is 1. The van der Waals surface area contributed by atoms with Gasteiger partial charge in [-0.2, -0.15) is 0 Å². The van der Waals surface area contributed by atoms with Gasteiger partial charge in [0, 0.05) is 31.1 Å². The minimum absolute atomic E-state index is 0.00852. The van der Waals surface area contributed by atoms with Crippen LogP contribution in [0.5, 0.6) is 0 Å². The summed E-state index contributed by atoms with van der Waals surface area (Å²) in [6.45, 7) is 8.72. The topological polar surface area (TPSA) is 61.4 Å².